The molecule has 1 unspecified atom stereocenters. The van der Waals surface area contributed by atoms with E-state index in [4.69, 9.17) is 16.3 Å². The van der Waals surface area contributed by atoms with E-state index in [1.807, 2.05) is 48.0 Å². The van der Waals surface area contributed by atoms with Crippen LogP contribution in [-0.4, -0.2) is 33.7 Å². The predicted octanol–water partition coefficient (Wildman–Crippen LogP) is 4.07. The Morgan fingerprint density at radius 2 is 2.14 bits per heavy atom. The molecule has 2 heterocycles. The van der Waals surface area contributed by atoms with Gasteiger partial charge in [0.25, 0.3) is 0 Å². The van der Waals surface area contributed by atoms with Crippen molar-refractivity contribution in [2.45, 2.75) is 26.0 Å². The number of hydrogen-bond acceptors (Lipinski definition) is 4. The monoisotopic (exact) mass is 411 g/mol. The maximum Gasteiger partial charge on any atom is 0.229 e. The van der Waals surface area contributed by atoms with Gasteiger partial charge in [0.2, 0.25) is 5.91 Å². The van der Waals surface area contributed by atoms with E-state index in [-0.39, 0.29) is 18.6 Å². The molecule has 1 aliphatic rings. The Morgan fingerprint density at radius 1 is 1.28 bits per heavy atom. The molecule has 0 aliphatic carbocycles. The fraction of sp³-hybridized carbons (Fsp3) is 0.273. The number of amides is 1. The molecule has 0 bridgehead atoms. The molecule has 1 N–H and O–H groups in total. The Hall–Kier alpha value is -2.83. The third-order valence-corrected chi connectivity index (χ3v) is 5.31. The van der Waals surface area contributed by atoms with Gasteiger partial charge in [-0.1, -0.05) is 17.7 Å². The summed E-state index contributed by atoms with van der Waals surface area (Å²) in [4.78, 5) is 18.9. The average molecular weight is 412 g/mol. The van der Waals surface area contributed by atoms with Crippen LogP contribution in [0.15, 0.2) is 54.9 Å². The van der Waals surface area contributed by atoms with Crippen LogP contribution in [0.2, 0.25) is 5.02 Å². The molecule has 7 heteroatoms. The molecule has 1 amide bonds. The summed E-state index contributed by atoms with van der Waals surface area (Å²) in [5, 5.41) is 10.3. The SMILES string of the molecule is CCOc1ccc(-c2nccn2C2CC(=O)N(c3cccc(Cl)c3)C2)cc1CO. The van der Waals surface area contributed by atoms with Crippen molar-refractivity contribution in [1.82, 2.24) is 9.55 Å². The van der Waals surface area contributed by atoms with Crippen LogP contribution in [0, 0.1) is 0 Å². The number of aliphatic hydroxyl groups excluding tert-OH is 1. The lowest BCUT2D eigenvalue weighted by molar-refractivity contribution is -0.117. The first-order chi connectivity index (χ1) is 14.1. The Kier molecular flexibility index (Phi) is 5.56. The second kappa shape index (κ2) is 8.27. The lowest BCUT2D eigenvalue weighted by atomic mass is 10.1. The van der Waals surface area contributed by atoms with Gasteiger partial charge in [-0.05, 0) is 43.3 Å². The molecular formula is C22H22ClN3O3. The maximum absolute atomic E-state index is 12.7. The topological polar surface area (TPSA) is 67.6 Å². The van der Waals surface area contributed by atoms with Crippen LogP contribution in [0.25, 0.3) is 11.4 Å². The van der Waals surface area contributed by atoms with Gasteiger partial charge >= 0.3 is 0 Å². The molecule has 1 atom stereocenters. The highest BCUT2D eigenvalue weighted by Gasteiger charge is 2.33. The minimum atomic E-state index is -0.117. The molecule has 6 nitrogen and oxygen atoms in total. The molecule has 1 fully saturated rings. The zero-order chi connectivity index (χ0) is 20.4. The molecule has 4 rings (SSSR count). The van der Waals surface area contributed by atoms with E-state index in [1.165, 1.54) is 0 Å². The Bertz CT molecular complexity index is 1030. The standard InChI is InChI=1S/C22H22ClN3O3/c1-2-29-20-7-6-15(10-16(20)14-27)22-24-8-9-25(22)19-12-21(28)26(13-19)18-5-3-4-17(23)11-18/h3-11,19,27H,2,12-14H2,1H3. The number of ether oxygens (including phenoxy) is 1. The summed E-state index contributed by atoms with van der Waals surface area (Å²) < 4.78 is 7.59. The lowest BCUT2D eigenvalue weighted by Crippen LogP contribution is -2.24. The van der Waals surface area contributed by atoms with Crippen LogP contribution in [0.3, 0.4) is 0 Å². The van der Waals surface area contributed by atoms with E-state index in [2.05, 4.69) is 4.98 Å². The largest absolute Gasteiger partial charge is 0.494 e. The highest BCUT2D eigenvalue weighted by atomic mass is 35.5. The summed E-state index contributed by atoms with van der Waals surface area (Å²) >= 11 is 6.09. The van der Waals surface area contributed by atoms with Gasteiger partial charge in [0.15, 0.2) is 0 Å². The number of aliphatic hydroxyl groups is 1. The first kappa shape index (κ1) is 19.5. The number of imidazole rings is 1. The highest BCUT2D eigenvalue weighted by molar-refractivity contribution is 6.30. The van der Waals surface area contributed by atoms with Crippen molar-refractivity contribution in [3.63, 3.8) is 0 Å². The van der Waals surface area contributed by atoms with Crippen molar-refractivity contribution in [1.29, 1.82) is 0 Å². The zero-order valence-corrected chi connectivity index (χ0v) is 16.8. The number of benzene rings is 2. The Morgan fingerprint density at radius 3 is 2.90 bits per heavy atom. The van der Waals surface area contributed by atoms with Gasteiger partial charge < -0.3 is 19.3 Å². The van der Waals surface area contributed by atoms with Gasteiger partial charge in [0.1, 0.15) is 11.6 Å². The van der Waals surface area contributed by atoms with Crippen molar-refractivity contribution in [3.8, 4) is 17.1 Å². The zero-order valence-electron chi connectivity index (χ0n) is 16.1. The van der Waals surface area contributed by atoms with Gasteiger partial charge in [0, 0.05) is 47.2 Å². The minimum Gasteiger partial charge on any atom is -0.494 e. The summed E-state index contributed by atoms with van der Waals surface area (Å²) in [5.41, 5.74) is 2.38. The maximum atomic E-state index is 12.7. The van der Waals surface area contributed by atoms with Crippen molar-refractivity contribution in [2.24, 2.45) is 0 Å². The Labute approximate surface area is 174 Å². The number of carbonyl (C=O) groups is 1. The second-order valence-electron chi connectivity index (χ2n) is 6.91. The highest BCUT2D eigenvalue weighted by Crippen LogP contribution is 2.33. The average Bonchev–Trinajstić information content (AvgIpc) is 3.35. The van der Waals surface area contributed by atoms with Crippen LogP contribution < -0.4 is 9.64 Å². The number of carbonyl (C=O) groups excluding carboxylic acids is 1. The summed E-state index contributed by atoms with van der Waals surface area (Å²) in [7, 11) is 0. The number of hydrogen-bond donors (Lipinski definition) is 1. The second-order valence-corrected chi connectivity index (χ2v) is 7.35. The van der Waals surface area contributed by atoms with Crippen molar-refractivity contribution < 1.29 is 14.6 Å². The molecule has 0 radical (unpaired) electrons. The summed E-state index contributed by atoms with van der Waals surface area (Å²) in [6.45, 7) is 2.87. The van der Waals surface area contributed by atoms with Crippen molar-refractivity contribution in [3.05, 3.63) is 65.4 Å². The van der Waals surface area contributed by atoms with Gasteiger partial charge in [-0.2, -0.15) is 0 Å². The van der Waals surface area contributed by atoms with E-state index < -0.39 is 0 Å². The van der Waals surface area contributed by atoms with Gasteiger partial charge in [-0.15, -0.1) is 0 Å². The molecule has 1 saturated heterocycles. The van der Waals surface area contributed by atoms with Crippen LogP contribution in [0.5, 0.6) is 5.75 Å². The molecule has 150 valence electrons. The molecule has 2 aromatic carbocycles. The first-order valence-electron chi connectivity index (χ1n) is 9.56. The smallest absolute Gasteiger partial charge is 0.229 e. The van der Waals surface area contributed by atoms with Crippen molar-refractivity contribution in [2.75, 3.05) is 18.1 Å². The van der Waals surface area contributed by atoms with Crippen LogP contribution in [-0.2, 0) is 11.4 Å². The van der Waals surface area contributed by atoms with Crippen molar-refractivity contribution >= 4 is 23.2 Å². The van der Waals surface area contributed by atoms with Gasteiger partial charge in [-0.3, -0.25) is 4.79 Å². The van der Waals surface area contributed by atoms with E-state index in [1.54, 1.807) is 23.2 Å². The third kappa shape index (κ3) is 3.86. The van der Waals surface area contributed by atoms with Crippen LogP contribution in [0.1, 0.15) is 24.9 Å². The predicted molar refractivity (Wildman–Crippen MR) is 112 cm³/mol. The summed E-state index contributed by atoms with van der Waals surface area (Å²) in [6, 6.07) is 12.9. The fourth-order valence-electron chi connectivity index (χ4n) is 3.74. The van der Waals surface area contributed by atoms with E-state index in [9.17, 15) is 9.90 Å². The molecule has 0 spiro atoms. The Balaban J connectivity index is 1.62. The summed E-state index contributed by atoms with van der Waals surface area (Å²) in [5.74, 6) is 1.48. The molecule has 0 saturated carbocycles. The van der Waals surface area contributed by atoms with Gasteiger partial charge in [-0.25, -0.2) is 4.98 Å². The first-order valence-corrected chi connectivity index (χ1v) is 9.94. The number of rotatable bonds is 6. The third-order valence-electron chi connectivity index (χ3n) is 5.08. The fourth-order valence-corrected chi connectivity index (χ4v) is 3.92. The summed E-state index contributed by atoms with van der Waals surface area (Å²) in [6.07, 6.45) is 4.01. The normalized spacial score (nSPS) is 16.4. The number of aromatic nitrogens is 2. The number of halogens is 1. The van der Waals surface area contributed by atoms with E-state index >= 15 is 0 Å². The molecule has 1 aliphatic heterocycles. The number of nitrogens with zero attached hydrogens (tertiary/aromatic N) is 3. The molecule has 1 aromatic heterocycles. The molecule has 29 heavy (non-hydrogen) atoms. The van der Waals surface area contributed by atoms with E-state index in [0.717, 1.165) is 17.1 Å². The minimum absolute atomic E-state index is 0.0388. The molecular weight excluding hydrogens is 390 g/mol. The van der Waals surface area contributed by atoms with Crippen LogP contribution >= 0.6 is 11.6 Å². The quantitative estimate of drug-likeness (QED) is 0.663. The van der Waals surface area contributed by atoms with Crippen LogP contribution in [0.4, 0.5) is 5.69 Å². The molecule has 3 aromatic rings. The van der Waals surface area contributed by atoms with E-state index in [0.29, 0.717) is 35.9 Å². The van der Waals surface area contributed by atoms with Gasteiger partial charge in [0.05, 0.1) is 19.3 Å². The lowest BCUT2D eigenvalue weighted by Gasteiger charge is -2.19. The number of anilines is 1.